The van der Waals surface area contributed by atoms with Gasteiger partial charge in [0, 0.05) is 55.7 Å². The molecule has 1 fully saturated rings. The summed E-state index contributed by atoms with van der Waals surface area (Å²) in [6.07, 6.45) is 5.02. The van der Waals surface area contributed by atoms with E-state index in [0.717, 1.165) is 36.5 Å². The number of carboxylic acid groups (broad SMARTS) is 1. The van der Waals surface area contributed by atoms with Gasteiger partial charge in [0.05, 0.1) is 11.9 Å². The molecule has 0 radical (unpaired) electrons. The maximum absolute atomic E-state index is 10.9. The van der Waals surface area contributed by atoms with Crippen molar-refractivity contribution in [3.05, 3.63) is 42.4 Å². The Hall–Kier alpha value is -2.51. The second-order valence-electron chi connectivity index (χ2n) is 6.66. The first-order chi connectivity index (χ1) is 12.5. The molecule has 138 valence electrons. The van der Waals surface area contributed by atoms with Gasteiger partial charge in [0.2, 0.25) is 0 Å². The van der Waals surface area contributed by atoms with Crippen molar-refractivity contribution in [3.63, 3.8) is 0 Å². The summed E-state index contributed by atoms with van der Waals surface area (Å²) >= 11 is 0. The van der Waals surface area contributed by atoms with Crippen LogP contribution in [-0.2, 0) is 11.3 Å². The van der Waals surface area contributed by atoms with Gasteiger partial charge in [-0.25, -0.2) is 4.79 Å². The number of piperazine rings is 1. The van der Waals surface area contributed by atoms with Crippen molar-refractivity contribution < 1.29 is 14.6 Å². The van der Waals surface area contributed by atoms with Gasteiger partial charge in [0.25, 0.3) is 0 Å². The van der Waals surface area contributed by atoms with Crippen molar-refractivity contribution in [2.75, 3.05) is 33.3 Å². The average molecular weight is 356 g/mol. The van der Waals surface area contributed by atoms with Crippen LogP contribution in [0.5, 0.6) is 5.75 Å². The molecule has 7 nitrogen and oxygen atoms in total. The van der Waals surface area contributed by atoms with Gasteiger partial charge in [-0.15, -0.1) is 0 Å². The van der Waals surface area contributed by atoms with E-state index >= 15 is 0 Å². The van der Waals surface area contributed by atoms with Crippen molar-refractivity contribution in [2.45, 2.75) is 19.5 Å². The van der Waals surface area contributed by atoms with E-state index < -0.39 is 5.97 Å². The number of aromatic nitrogens is 2. The minimum absolute atomic E-state index is 0.351. The Morgan fingerprint density at radius 1 is 1.35 bits per heavy atom. The van der Waals surface area contributed by atoms with Crippen LogP contribution in [0.4, 0.5) is 0 Å². The fraction of sp³-hybridized carbons (Fsp3) is 0.421. The summed E-state index contributed by atoms with van der Waals surface area (Å²) in [6, 6.07) is 6.21. The van der Waals surface area contributed by atoms with Crippen molar-refractivity contribution in [1.29, 1.82) is 0 Å². The molecule has 3 rings (SSSR count). The summed E-state index contributed by atoms with van der Waals surface area (Å²) in [5, 5.41) is 8.92. The predicted octanol–water partition coefficient (Wildman–Crippen LogP) is 1.74. The SMILES string of the molecule is C[C@@H]1CN(Cc2cc(-c3cnccn3)ccc2OCC(=O)O)CCN1C. The minimum atomic E-state index is -0.984. The van der Waals surface area contributed by atoms with Gasteiger partial charge in [-0.3, -0.25) is 14.9 Å². The van der Waals surface area contributed by atoms with Crippen LogP contribution in [0.3, 0.4) is 0 Å². The van der Waals surface area contributed by atoms with Gasteiger partial charge < -0.3 is 14.7 Å². The number of hydrogen-bond donors (Lipinski definition) is 1. The lowest BCUT2D eigenvalue weighted by Crippen LogP contribution is -2.49. The summed E-state index contributed by atoms with van der Waals surface area (Å²) < 4.78 is 5.51. The number of carboxylic acids is 1. The number of carbonyl (C=O) groups is 1. The molecular formula is C19H24N4O3. The van der Waals surface area contributed by atoms with Crippen molar-refractivity contribution in [1.82, 2.24) is 19.8 Å². The smallest absolute Gasteiger partial charge is 0.341 e. The maximum atomic E-state index is 10.9. The molecule has 0 bridgehead atoms. The van der Waals surface area contributed by atoms with Gasteiger partial charge >= 0.3 is 5.97 Å². The third-order valence-corrected chi connectivity index (χ3v) is 4.71. The summed E-state index contributed by atoms with van der Waals surface area (Å²) in [5.74, 6) is -0.381. The standard InChI is InChI=1S/C19H24N4O3/c1-14-11-23(8-7-22(14)2)12-16-9-15(17-10-20-5-6-21-17)3-4-18(16)26-13-19(24)25/h3-6,9-10,14H,7-8,11-13H2,1-2H3,(H,24,25)/t14-/m1/s1. The second-order valence-corrected chi connectivity index (χ2v) is 6.66. The highest BCUT2D eigenvalue weighted by molar-refractivity contribution is 5.69. The Morgan fingerprint density at radius 2 is 2.19 bits per heavy atom. The first-order valence-corrected chi connectivity index (χ1v) is 8.69. The molecule has 26 heavy (non-hydrogen) atoms. The predicted molar refractivity (Wildman–Crippen MR) is 98.0 cm³/mol. The van der Waals surface area contributed by atoms with Crippen LogP contribution in [0.2, 0.25) is 0 Å². The number of ether oxygens (including phenoxy) is 1. The van der Waals surface area contributed by atoms with E-state index in [1.54, 1.807) is 18.6 Å². The zero-order valence-corrected chi connectivity index (χ0v) is 15.1. The van der Waals surface area contributed by atoms with Gasteiger partial charge in [-0.1, -0.05) is 0 Å². The van der Waals surface area contributed by atoms with Gasteiger partial charge in [0.15, 0.2) is 6.61 Å². The van der Waals surface area contributed by atoms with Crippen molar-refractivity contribution >= 4 is 5.97 Å². The molecule has 0 unspecified atom stereocenters. The normalized spacial score (nSPS) is 18.6. The molecule has 1 atom stereocenters. The monoisotopic (exact) mass is 356 g/mol. The van der Waals surface area contributed by atoms with E-state index in [0.29, 0.717) is 18.3 Å². The first-order valence-electron chi connectivity index (χ1n) is 8.69. The average Bonchev–Trinajstić information content (AvgIpc) is 2.64. The quantitative estimate of drug-likeness (QED) is 0.844. The summed E-state index contributed by atoms with van der Waals surface area (Å²) in [7, 11) is 2.14. The second kappa shape index (κ2) is 8.25. The third-order valence-electron chi connectivity index (χ3n) is 4.71. The summed E-state index contributed by atoms with van der Waals surface area (Å²) in [5.41, 5.74) is 2.69. The molecule has 1 saturated heterocycles. The van der Waals surface area contributed by atoms with Crippen LogP contribution >= 0.6 is 0 Å². The third kappa shape index (κ3) is 4.56. The molecule has 0 amide bonds. The Morgan fingerprint density at radius 3 is 2.88 bits per heavy atom. The van der Waals surface area contributed by atoms with Crippen molar-refractivity contribution in [3.8, 4) is 17.0 Å². The highest BCUT2D eigenvalue weighted by Gasteiger charge is 2.22. The van der Waals surface area contributed by atoms with E-state index in [9.17, 15) is 4.79 Å². The zero-order valence-electron chi connectivity index (χ0n) is 15.1. The van der Waals surface area contributed by atoms with Crippen LogP contribution < -0.4 is 4.74 Å². The number of nitrogens with zero attached hydrogens (tertiary/aromatic N) is 4. The molecule has 0 saturated carbocycles. The fourth-order valence-electron chi connectivity index (χ4n) is 3.10. The van der Waals surface area contributed by atoms with Crippen LogP contribution in [0.25, 0.3) is 11.3 Å². The Balaban J connectivity index is 1.84. The van der Waals surface area contributed by atoms with E-state index in [2.05, 4.69) is 33.7 Å². The van der Waals surface area contributed by atoms with E-state index in [-0.39, 0.29) is 6.61 Å². The summed E-state index contributed by atoms with van der Waals surface area (Å²) in [6.45, 7) is 5.51. The zero-order chi connectivity index (χ0) is 18.5. The number of rotatable bonds is 6. The molecule has 2 heterocycles. The van der Waals surface area contributed by atoms with Crippen LogP contribution in [0, 0.1) is 0 Å². The van der Waals surface area contributed by atoms with E-state index in [1.165, 1.54) is 0 Å². The molecule has 1 aliphatic rings. The van der Waals surface area contributed by atoms with Gasteiger partial charge in [-0.05, 0) is 32.2 Å². The van der Waals surface area contributed by atoms with E-state index in [4.69, 9.17) is 9.84 Å². The number of aliphatic carboxylic acids is 1. The Bertz CT molecular complexity index is 754. The number of likely N-dealkylation sites (N-methyl/N-ethyl adjacent to an activating group) is 1. The van der Waals surface area contributed by atoms with Crippen molar-refractivity contribution in [2.24, 2.45) is 0 Å². The lowest BCUT2D eigenvalue weighted by molar-refractivity contribution is -0.139. The highest BCUT2D eigenvalue weighted by Crippen LogP contribution is 2.27. The molecular weight excluding hydrogens is 332 g/mol. The highest BCUT2D eigenvalue weighted by atomic mass is 16.5. The molecule has 0 spiro atoms. The van der Waals surface area contributed by atoms with Crippen LogP contribution in [-0.4, -0.2) is 70.2 Å². The lowest BCUT2D eigenvalue weighted by Gasteiger charge is -2.37. The van der Waals surface area contributed by atoms with Crippen LogP contribution in [0.1, 0.15) is 12.5 Å². The molecule has 7 heteroatoms. The molecule has 1 aromatic carbocycles. The lowest BCUT2D eigenvalue weighted by atomic mass is 10.1. The molecule has 1 aliphatic heterocycles. The van der Waals surface area contributed by atoms with Gasteiger partial charge in [-0.2, -0.15) is 0 Å². The van der Waals surface area contributed by atoms with Crippen LogP contribution in [0.15, 0.2) is 36.8 Å². The maximum Gasteiger partial charge on any atom is 0.341 e. The Labute approximate surface area is 153 Å². The first kappa shape index (κ1) is 18.3. The summed E-state index contributed by atoms with van der Waals surface area (Å²) in [4.78, 5) is 24.1. The number of benzene rings is 1. The molecule has 1 aromatic heterocycles. The number of hydrogen-bond acceptors (Lipinski definition) is 6. The van der Waals surface area contributed by atoms with E-state index in [1.807, 2.05) is 18.2 Å². The molecule has 2 aromatic rings. The minimum Gasteiger partial charge on any atom is -0.482 e. The molecule has 0 aliphatic carbocycles. The fourth-order valence-corrected chi connectivity index (χ4v) is 3.10. The Kier molecular flexibility index (Phi) is 5.80. The molecule has 1 N–H and O–H groups in total. The largest absolute Gasteiger partial charge is 0.482 e. The van der Waals surface area contributed by atoms with Gasteiger partial charge in [0.1, 0.15) is 5.75 Å². The topological polar surface area (TPSA) is 78.8 Å².